The number of pyridine rings is 1. The molecule has 9 heteroatoms. The van der Waals surface area contributed by atoms with Crippen molar-refractivity contribution in [2.45, 2.75) is 58.4 Å². The minimum atomic E-state index is -0.584. The second-order valence-corrected chi connectivity index (χ2v) is 9.09. The van der Waals surface area contributed by atoms with Crippen LogP contribution in [-0.4, -0.2) is 53.7 Å². The second-order valence-electron chi connectivity index (χ2n) is 9.09. The van der Waals surface area contributed by atoms with Crippen molar-refractivity contribution in [1.82, 2.24) is 9.88 Å². The Hall–Kier alpha value is -3.72. The number of anilines is 1. The molecule has 1 atom stereocenters. The number of aromatic nitrogens is 1. The predicted octanol–water partition coefficient (Wildman–Crippen LogP) is 3.85. The third-order valence-electron chi connectivity index (χ3n) is 6.08. The molecule has 0 spiro atoms. The van der Waals surface area contributed by atoms with Gasteiger partial charge in [0.15, 0.2) is 6.23 Å². The first-order valence-electron chi connectivity index (χ1n) is 12.1. The molecule has 36 heavy (non-hydrogen) atoms. The van der Waals surface area contributed by atoms with Crippen LogP contribution in [0.3, 0.4) is 0 Å². The lowest BCUT2D eigenvalue weighted by Gasteiger charge is -2.27. The van der Waals surface area contributed by atoms with Crippen molar-refractivity contribution < 1.29 is 28.6 Å². The summed E-state index contributed by atoms with van der Waals surface area (Å²) in [5, 5.41) is 2.66. The Morgan fingerprint density at radius 1 is 1.11 bits per heavy atom. The average Bonchev–Trinajstić information content (AvgIpc) is 3.14. The molecule has 2 heterocycles. The first-order chi connectivity index (χ1) is 17.4. The molecule has 2 aromatic rings. The molecular weight excluding hydrogens is 462 g/mol. The minimum absolute atomic E-state index is 0.0299. The average molecular weight is 494 g/mol. The fourth-order valence-corrected chi connectivity index (χ4v) is 4.44. The maximum atomic E-state index is 13.2. The molecule has 1 aliphatic carbocycles. The monoisotopic (exact) mass is 493 g/mol. The van der Waals surface area contributed by atoms with Crippen LogP contribution in [0.1, 0.15) is 55.5 Å². The summed E-state index contributed by atoms with van der Waals surface area (Å²) in [5.74, 6) is 0.125. The number of ether oxygens (including phenoxy) is 3. The van der Waals surface area contributed by atoms with Crippen LogP contribution in [0.2, 0.25) is 0 Å². The molecule has 4 rings (SSSR count). The molecule has 1 N–H and O–H groups in total. The number of benzene rings is 1. The zero-order valence-corrected chi connectivity index (χ0v) is 20.8. The SMILES string of the molecule is COC(=O)c1ccc(NC(=O)COC2C3=C(CCCC3)C(=O)N2Cc2ccc(OC(C)C)cc2)nc1. The van der Waals surface area contributed by atoms with Crippen molar-refractivity contribution >= 4 is 23.6 Å². The highest BCUT2D eigenvalue weighted by atomic mass is 16.5. The van der Waals surface area contributed by atoms with Crippen molar-refractivity contribution in [2.24, 2.45) is 0 Å². The number of nitrogens with zero attached hydrogens (tertiary/aromatic N) is 2. The molecule has 0 saturated heterocycles. The van der Waals surface area contributed by atoms with E-state index < -0.39 is 18.1 Å². The van der Waals surface area contributed by atoms with Gasteiger partial charge < -0.3 is 24.4 Å². The smallest absolute Gasteiger partial charge is 0.339 e. The Balaban J connectivity index is 1.42. The quantitative estimate of drug-likeness (QED) is 0.529. The molecule has 9 nitrogen and oxygen atoms in total. The molecule has 0 radical (unpaired) electrons. The number of rotatable bonds is 9. The number of nitrogens with one attached hydrogen (secondary N) is 1. The summed E-state index contributed by atoms with van der Waals surface area (Å²) in [4.78, 5) is 43.1. The van der Waals surface area contributed by atoms with Crippen LogP contribution in [0.5, 0.6) is 5.75 Å². The van der Waals surface area contributed by atoms with Gasteiger partial charge in [0.1, 0.15) is 18.2 Å². The Bertz CT molecular complexity index is 1140. The van der Waals surface area contributed by atoms with Crippen molar-refractivity contribution in [3.8, 4) is 5.75 Å². The molecule has 2 aliphatic rings. The fourth-order valence-electron chi connectivity index (χ4n) is 4.44. The van der Waals surface area contributed by atoms with E-state index in [4.69, 9.17) is 9.47 Å². The highest BCUT2D eigenvalue weighted by molar-refractivity contribution is 5.98. The van der Waals surface area contributed by atoms with E-state index in [1.807, 2.05) is 38.1 Å². The normalized spacial score (nSPS) is 17.3. The number of amides is 2. The molecule has 1 unspecified atom stereocenters. The third-order valence-corrected chi connectivity index (χ3v) is 6.08. The molecule has 2 amide bonds. The van der Waals surface area contributed by atoms with Gasteiger partial charge >= 0.3 is 5.97 Å². The molecule has 190 valence electrons. The van der Waals surface area contributed by atoms with Gasteiger partial charge in [0, 0.05) is 18.3 Å². The van der Waals surface area contributed by atoms with Crippen LogP contribution >= 0.6 is 0 Å². The van der Waals surface area contributed by atoms with Gasteiger partial charge in [-0.05, 0) is 74.9 Å². The van der Waals surface area contributed by atoms with Gasteiger partial charge in [-0.25, -0.2) is 9.78 Å². The number of carbonyl (C=O) groups excluding carboxylic acids is 3. The van der Waals surface area contributed by atoms with Gasteiger partial charge in [0.25, 0.3) is 11.8 Å². The highest BCUT2D eigenvalue weighted by Gasteiger charge is 2.40. The van der Waals surface area contributed by atoms with Crippen molar-refractivity contribution in [3.63, 3.8) is 0 Å². The van der Waals surface area contributed by atoms with Crippen molar-refractivity contribution in [2.75, 3.05) is 19.0 Å². The van der Waals surface area contributed by atoms with E-state index in [0.29, 0.717) is 6.54 Å². The van der Waals surface area contributed by atoms with E-state index in [1.165, 1.54) is 25.4 Å². The first-order valence-corrected chi connectivity index (χ1v) is 12.1. The predicted molar refractivity (Wildman–Crippen MR) is 132 cm³/mol. The maximum Gasteiger partial charge on any atom is 0.339 e. The Morgan fingerprint density at radius 3 is 2.53 bits per heavy atom. The molecule has 0 saturated carbocycles. The number of hydrogen-bond acceptors (Lipinski definition) is 7. The van der Waals surface area contributed by atoms with E-state index in [0.717, 1.165) is 48.1 Å². The van der Waals surface area contributed by atoms with Crippen LogP contribution in [0, 0.1) is 0 Å². The molecule has 1 aromatic carbocycles. The highest BCUT2D eigenvalue weighted by Crippen LogP contribution is 2.37. The second kappa shape index (κ2) is 11.3. The summed E-state index contributed by atoms with van der Waals surface area (Å²) in [6.45, 7) is 4.07. The number of hydrogen-bond donors (Lipinski definition) is 1. The van der Waals surface area contributed by atoms with Crippen LogP contribution in [0.25, 0.3) is 0 Å². The third kappa shape index (κ3) is 5.91. The summed E-state index contributed by atoms with van der Waals surface area (Å²) in [6.07, 6.45) is 4.30. The lowest BCUT2D eigenvalue weighted by Crippen LogP contribution is -2.38. The largest absolute Gasteiger partial charge is 0.491 e. The van der Waals surface area contributed by atoms with E-state index >= 15 is 0 Å². The van der Waals surface area contributed by atoms with Crippen LogP contribution in [0.15, 0.2) is 53.7 Å². The number of methoxy groups -OCH3 is 1. The van der Waals surface area contributed by atoms with E-state index in [9.17, 15) is 14.4 Å². The van der Waals surface area contributed by atoms with Gasteiger partial charge in [0.2, 0.25) is 0 Å². The Morgan fingerprint density at radius 2 is 1.86 bits per heavy atom. The summed E-state index contributed by atoms with van der Waals surface area (Å²) < 4.78 is 16.4. The summed E-state index contributed by atoms with van der Waals surface area (Å²) in [5.41, 5.74) is 3.02. The molecule has 0 fully saturated rings. The van der Waals surface area contributed by atoms with Crippen molar-refractivity contribution in [1.29, 1.82) is 0 Å². The van der Waals surface area contributed by atoms with Gasteiger partial charge in [-0.15, -0.1) is 0 Å². The lowest BCUT2D eigenvalue weighted by atomic mass is 9.93. The fraction of sp³-hybridized carbons (Fsp3) is 0.407. The van der Waals surface area contributed by atoms with E-state index in [-0.39, 0.29) is 30.0 Å². The van der Waals surface area contributed by atoms with Crippen LogP contribution in [0.4, 0.5) is 5.82 Å². The van der Waals surface area contributed by atoms with Crippen molar-refractivity contribution in [3.05, 3.63) is 64.9 Å². The Labute approximate surface area is 210 Å². The molecule has 1 aromatic heterocycles. The zero-order chi connectivity index (χ0) is 25.7. The number of esters is 1. The van der Waals surface area contributed by atoms with Gasteiger partial charge in [-0.1, -0.05) is 12.1 Å². The summed E-state index contributed by atoms with van der Waals surface area (Å²) in [7, 11) is 1.29. The van der Waals surface area contributed by atoms with Crippen LogP contribution in [-0.2, 0) is 25.6 Å². The van der Waals surface area contributed by atoms with Crippen LogP contribution < -0.4 is 10.1 Å². The van der Waals surface area contributed by atoms with E-state index in [2.05, 4.69) is 15.0 Å². The maximum absolute atomic E-state index is 13.2. The molecular formula is C27H31N3O6. The lowest BCUT2D eigenvalue weighted by molar-refractivity contribution is -0.140. The first kappa shape index (κ1) is 25.4. The van der Waals surface area contributed by atoms with Gasteiger partial charge in [-0.3, -0.25) is 9.59 Å². The standard InChI is InChI=1S/C27H31N3O6/c1-17(2)36-20-11-8-18(9-12-20)15-30-25(32)21-6-4-5-7-22(21)26(30)35-16-24(31)29-23-13-10-19(14-28-23)27(33)34-3/h8-14,17,26H,4-7,15-16H2,1-3H3,(H,28,29,31). The minimum Gasteiger partial charge on any atom is -0.491 e. The summed E-state index contributed by atoms with van der Waals surface area (Å²) in [6, 6.07) is 10.7. The number of carbonyl (C=O) groups is 3. The van der Waals surface area contributed by atoms with Gasteiger partial charge in [-0.2, -0.15) is 0 Å². The van der Waals surface area contributed by atoms with Gasteiger partial charge in [0.05, 0.1) is 18.8 Å². The molecule has 0 bridgehead atoms. The topological polar surface area (TPSA) is 107 Å². The zero-order valence-electron chi connectivity index (χ0n) is 20.8. The van der Waals surface area contributed by atoms with E-state index in [1.54, 1.807) is 4.90 Å². The summed E-state index contributed by atoms with van der Waals surface area (Å²) >= 11 is 0. The molecule has 1 aliphatic heterocycles. The Kier molecular flexibility index (Phi) is 8.00.